The van der Waals surface area contributed by atoms with E-state index in [1.165, 1.54) is 38.5 Å². The molecular weight excluding hydrogens is 390 g/mol. The van der Waals surface area contributed by atoms with Gasteiger partial charge in [0, 0.05) is 48.5 Å². The lowest BCUT2D eigenvalue weighted by Crippen LogP contribution is -2.41. The quantitative estimate of drug-likeness (QED) is 0.575. The number of nitro benzene ring substituents is 1. The van der Waals surface area contributed by atoms with Crippen LogP contribution in [0.5, 0.6) is 11.5 Å². The Hall–Kier alpha value is -3.62. The third kappa shape index (κ3) is 4.86. The summed E-state index contributed by atoms with van der Waals surface area (Å²) in [5.74, 6) is 0.551. The zero-order valence-corrected chi connectivity index (χ0v) is 16.8. The molecule has 0 radical (unpaired) electrons. The van der Waals surface area contributed by atoms with Gasteiger partial charge in [-0.3, -0.25) is 19.7 Å². The standard InChI is InChI=1S/C21H23N3O6/c1-29-18-11-15(12-19(13-18)30-2)21(26)23-9-7-14(8-10-23)20(25)22-16-3-5-17(6-4-16)24(27)28/h3-6,11-14H,7-10H2,1-2H3,(H,22,25). The molecule has 2 aromatic rings. The average molecular weight is 413 g/mol. The zero-order valence-electron chi connectivity index (χ0n) is 16.8. The molecule has 1 aliphatic rings. The molecule has 0 aromatic heterocycles. The molecule has 1 saturated heterocycles. The minimum Gasteiger partial charge on any atom is -0.497 e. The molecule has 0 aliphatic carbocycles. The lowest BCUT2D eigenvalue weighted by Gasteiger charge is -2.31. The van der Waals surface area contributed by atoms with Crippen LogP contribution in [0, 0.1) is 16.0 Å². The van der Waals surface area contributed by atoms with Gasteiger partial charge in [0.1, 0.15) is 11.5 Å². The number of anilines is 1. The number of nitro groups is 1. The molecule has 2 aromatic carbocycles. The van der Waals surface area contributed by atoms with E-state index in [0.29, 0.717) is 48.7 Å². The predicted octanol–water partition coefficient (Wildman–Crippen LogP) is 3.10. The molecule has 3 rings (SSSR count). The molecule has 1 aliphatic heterocycles. The first-order valence-corrected chi connectivity index (χ1v) is 9.49. The minimum atomic E-state index is -0.490. The predicted molar refractivity (Wildman–Crippen MR) is 110 cm³/mol. The summed E-state index contributed by atoms with van der Waals surface area (Å²) in [5, 5.41) is 13.5. The fraction of sp³-hybridized carbons (Fsp3) is 0.333. The van der Waals surface area contributed by atoms with Crippen LogP contribution < -0.4 is 14.8 Å². The number of non-ortho nitro benzene ring substituents is 1. The monoisotopic (exact) mass is 413 g/mol. The van der Waals surface area contributed by atoms with E-state index in [1.54, 1.807) is 23.1 Å². The first-order valence-electron chi connectivity index (χ1n) is 9.49. The maximum atomic E-state index is 12.8. The van der Waals surface area contributed by atoms with Crippen molar-refractivity contribution in [3.8, 4) is 11.5 Å². The summed E-state index contributed by atoms with van der Waals surface area (Å²) in [6, 6.07) is 10.7. The van der Waals surface area contributed by atoms with Crippen LogP contribution in [0.3, 0.4) is 0 Å². The van der Waals surface area contributed by atoms with Gasteiger partial charge in [-0.25, -0.2) is 0 Å². The maximum Gasteiger partial charge on any atom is 0.269 e. The first-order chi connectivity index (χ1) is 14.4. The minimum absolute atomic E-state index is 0.0333. The highest BCUT2D eigenvalue weighted by Gasteiger charge is 2.28. The maximum absolute atomic E-state index is 12.8. The van der Waals surface area contributed by atoms with E-state index in [0.717, 1.165) is 0 Å². The Labute approximate surface area is 173 Å². The van der Waals surface area contributed by atoms with E-state index in [9.17, 15) is 19.7 Å². The molecule has 1 N–H and O–H groups in total. The van der Waals surface area contributed by atoms with Gasteiger partial charge in [0.25, 0.3) is 11.6 Å². The Morgan fingerprint density at radius 2 is 1.60 bits per heavy atom. The van der Waals surface area contributed by atoms with E-state index in [1.807, 2.05) is 0 Å². The molecule has 0 saturated carbocycles. The molecule has 0 unspecified atom stereocenters. The number of rotatable bonds is 6. The molecule has 158 valence electrons. The van der Waals surface area contributed by atoms with Gasteiger partial charge in [0.15, 0.2) is 0 Å². The topological polar surface area (TPSA) is 111 Å². The Morgan fingerprint density at radius 1 is 1.03 bits per heavy atom. The lowest BCUT2D eigenvalue weighted by atomic mass is 9.95. The number of methoxy groups -OCH3 is 2. The third-order valence-electron chi connectivity index (χ3n) is 5.10. The Morgan fingerprint density at radius 3 is 2.10 bits per heavy atom. The van der Waals surface area contributed by atoms with Gasteiger partial charge >= 0.3 is 0 Å². The van der Waals surface area contributed by atoms with E-state index in [4.69, 9.17) is 9.47 Å². The lowest BCUT2D eigenvalue weighted by molar-refractivity contribution is -0.384. The number of likely N-dealkylation sites (tertiary alicyclic amines) is 1. The highest BCUT2D eigenvalue weighted by Crippen LogP contribution is 2.26. The van der Waals surface area contributed by atoms with Gasteiger partial charge in [-0.1, -0.05) is 0 Å². The van der Waals surface area contributed by atoms with Crippen LogP contribution >= 0.6 is 0 Å². The second-order valence-electron chi connectivity index (χ2n) is 6.96. The number of ether oxygens (including phenoxy) is 2. The van der Waals surface area contributed by atoms with E-state index in [-0.39, 0.29) is 23.4 Å². The normalized spacial score (nSPS) is 14.1. The Bertz CT molecular complexity index is 914. The van der Waals surface area contributed by atoms with Crippen molar-refractivity contribution >= 4 is 23.2 Å². The molecule has 0 bridgehead atoms. The van der Waals surface area contributed by atoms with Gasteiger partial charge in [-0.15, -0.1) is 0 Å². The van der Waals surface area contributed by atoms with Crippen molar-refractivity contribution in [2.24, 2.45) is 5.92 Å². The van der Waals surface area contributed by atoms with Crippen molar-refractivity contribution in [3.63, 3.8) is 0 Å². The number of nitrogens with zero attached hydrogens (tertiary/aromatic N) is 2. The number of hydrogen-bond acceptors (Lipinski definition) is 6. The van der Waals surface area contributed by atoms with Crippen LogP contribution in [0.2, 0.25) is 0 Å². The molecular formula is C21H23N3O6. The Balaban J connectivity index is 1.58. The van der Waals surface area contributed by atoms with Crippen LogP contribution in [-0.2, 0) is 4.79 Å². The summed E-state index contributed by atoms with van der Waals surface area (Å²) in [6.45, 7) is 0.910. The summed E-state index contributed by atoms with van der Waals surface area (Å²) in [5.41, 5.74) is 0.946. The number of carbonyl (C=O) groups excluding carboxylic acids is 2. The number of benzene rings is 2. The van der Waals surface area contributed by atoms with Crippen molar-refractivity contribution in [2.75, 3.05) is 32.6 Å². The second kappa shape index (κ2) is 9.25. The molecule has 0 atom stereocenters. The fourth-order valence-corrected chi connectivity index (χ4v) is 3.37. The van der Waals surface area contributed by atoms with E-state index in [2.05, 4.69) is 5.32 Å². The fourth-order valence-electron chi connectivity index (χ4n) is 3.37. The van der Waals surface area contributed by atoms with E-state index >= 15 is 0 Å². The van der Waals surface area contributed by atoms with Crippen LogP contribution in [0.25, 0.3) is 0 Å². The number of amides is 2. The van der Waals surface area contributed by atoms with Crippen LogP contribution in [-0.4, -0.2) is 48.9 Å². The van der Waals surface area contributed by atoms with Crippen molar-refractivity contribution in [1.82, 2.24) is 4.90 Å². The molecule has 0 spiro atoms. The van der Waals surface area contributed by atoms with Crippen molar-refractivity contribution in [3.05, 3.63) is 58.1 Å². The summed E-state index contributed by atoms with van der Waals surface area (Å²) < 4.78 is 10.4. The number of carbonyl (C=O) groups is 2. The van der Waals surface area contributed by atoms with Crippen molar-refractivity contribution in [1.29, 1.82) is 0 Å². The second-order valence-corrected chi connectivity index (χ2v) is 6.96. The van der Waals surface area contributed by atoms with Gasteiger partial charge in [-0.05, 0) is 37.1 Å². The van der Waals surface area contributed by atoms with Crippen LogP contribution in [0.1, 0.15) is 23.2 Å². The molecule has 9 nitrogen and oxygen atoms in total. The molecule has 1 heterocycles. The molecule has 1 fully saturated rings. The smallest absolute Gasteiger partial charge is 0.269 e. The number of nitrogens with one attached hydrogen (secondary N) is 1. The Kier molecular flexibility index (Phi) is 6.51. The summed E-state index contributed by atoms with van der Waals surface area (Å²) >= 11 is 0. The van der Waals surface area contributed by atoms with Gasteiger partial charge in [0.05, 0.1) is 19.1 Å². The van der Waals surface area contributed by atoms with Crippen molar-refractivity contribution in [2.45, 2.75) is 12.8 Å². The molecule has 30 heavy (non-hydrogen) atoms. The van der Waals surface area contributed by atoms with Gasteiger partial charge < -0.3 is 19.7 Å². The SMILES string of the molecule is COc1cc(OC)cc(C(=O)N2CCC(C(=O)Nc3ccc([N+](=O)[O-])cc3)CC2)c1. The number of piperidine rings is 1. The highest BCUT2D eigenvalue weighted by molar-refractivity contribution is 5.96. The summed E-state index contributed by atoms with van der Waals surface area (Å²) in [6.07, 6.45) is 1.07. The third-order valence-corrected chi connectivity index (χ3v) is 5.10. The largest absolute Gasteiger partial charge is 0.497 e. The van der Waals surface area contributed by atoms with Crippen LogP contribution in [0.15, 0.2) is 42.5 Å². The first kappa shape index (κ1) is 21.1. The highest BCUT2D eigenvalue weighted by atomic mass is 16.6. The zero-order chi connectivity index (χ0) is 21.7. The molecule has 2 amide bonds. The molecule has 9 heteroatoms. The van der Waals surface area contributed by atoms with Crippen molar-refractivity contribution < 1.29 is 24.0 Å². The van der Waals surface area contributed by atoms with Gasteiger partial charge in [0.2, 0.25) is 5.91 Å². The summed E-state index contributed by atoms with van der Waals surface area (Å²) in [7, 11) is 3.05. The van der Waals surface area contributed by atoms with Crippen LogP contribution in [0.4, 0.5) is 11.4 Å². The van der Waals surface area contributed by atoms with Gasteiger partial charge in [-0.2, -0.15) is 0 Å². The average Bonchev–Trinajstić information content (AvgIpc) is 2.78. The number of hydrogen-bond donors (Lipinski definition) is 1. The summed E-state index contributed by atoms with van der Waals surface area (Å²) in [4.78, 5) is 37.3. The van der Waals surface area contributed by atoms with E-state index < -0.39 is 4.92 Å².